The quantitative estimate of drug-likeness (QED) is 0.529. The van der Waals surface area contributed by atoms with E-state index >= 15 is 0 Å². The molecule has 0 aromatic rings. The van der Waals surface area contributed by atoms with Crippen molar-refractivity contribution >= 4 is 5.96 Å². The van der Waals surface area contributed by atoms with Gasteiger partial charge in [-0.05, 0) is 30.6 Å². The molecule has 1 aliphatic carbocycles. The standard InChI is InChI=1S/C12H23N3/c1-12(2,3)9-6-7-15(8-9)11(13)14-10-4-5-10/h9-10H,4-8H2,1-3H3,(H2,13,14). The summed E-state index contributed by atoms with van der Waals surface area (Å²) in [6.45, 7) is 9.12. The third-order valence-corrected chi connectivity index (χ3v) is 3.60. The van der Waals surface area contributed by atoms with E-state index in [0.29, 0.717) is 11.5 Å². The number of hydrogen-bond acceptors (Lipinski definition) is 1. The highest BCUT2D eigenvalue weighted by Gasteiger charge is 2.33. The molecule has 0 bridgehead atoms. The van der Waals surface area contributed by atoms with Crippen LogP contribution in [-0.4, -0.2) is 30.0 Å². The van der Waals surface area contributed by atoms with Gasteiger partial charge in [-0.1, -0.05) is 20.8 Å². The van der Waals surface area contributed by atoms with Gasteiger partial charge in [0.25, 0.3) is 0 Å². The lowest BCUT2D eigenvalue weighted by Crippen LogP contribution is -2.37. The van der Waals surface area contributed by atoms with E-state index in [4.69, 9.17) is 5.73 Å². The molecule has 86 valence electrons. The van der Waals surface area contributed by atoms with E-state index in [2.05, 4.69) is 30.7 Å². The molecule has 1 saturated heterocycles. The molecule has 0 spiro atoms. The van der Waals surface area contributed by atoms with E-state index in [1.54, 1.807) is 0 Å². The lowest BCUT2D eigenvalue weighted by Gasteiger charge is -2.27. The van der Waals surface area contributed by atoms with E-state index < -0.39 is 0 Å². The number of likely N-dealkylation sites (tertiary alicyclic amines) is 1. The van der Waals surface area contributed by atoms with Crippen molar-refractivity contribution in [2.24, 2.45) is 22.1 Å². The van der Waals surface area contributed by atoms with Gasteiger partial charge in [0.1, 0.15) is 0 Å². The third kappa shape index (κ3) is 2.64. The second kappa shape index (κ2) is 3.69. The Hall–Kier alpha value is -0.730. The number of nitrogens with zero attached hydrogens (tertiary/aromatic N) is 2. The highest BCUT2D eigenvalue weighted by atomic mass is 15.3. The summed E-state index contributed by atoms with van der Waals surface area (Å²) in [5, 5.41) is 0. The zero-order chi connectivity index (χ0) is 11.1. The summed E-state index contributed by atoms with van der Waals surface area (Å²) < 4.78 is 0. The first kappa shape index (κ1) is 10.8. The highest BCUT2D eigenvalue weighted by Crippen LogP contribution is 2.33. The summed E-state index contributed by atoms with van der Waals surface area (Å²) in [6.07, 6.45) is 3.72. The van der Waals surface area contributed by atoms with E-state index in [9.17, 15) is 0 Å². The lowest BCUT2D eigenvalue weighted by atomic mass is 9.80. The largest absolute Gasteiger partial charge is 0.370 e. The lowest BCUT2D eigenvalue weighted by molar-refractivity contribution is 0.250. The number of nitrogens with two attached hydrogens (primary N) is 1. The van der Waals surface area contributed by atoms with Crippen LogP contribution in [-0.2, 0) is 0 Å². The molecule has 2 fully saturated rings. The van der Waals surface area contributed by atoms with Crippen LogP contribution >= 0.6 is 0 Å². The van der Waals surface area contributed by atoms with E-state index in [0.717, 1.165) is 25.0 Å². The van der Waals surface area contributed by atoms with Crippen LogP contribution in [0.2, 0.25) is 0 Å². The molecule has 1 saturated carbocycles. The zero-order valence-electron chi connectivity index (χ0n) is 10.2. The van der Waals surface area contributed by atoms with Crippen LogP contribution in [0.4, 0.5) is 0 Å². The van der Waals surface area contributed by atoms with Crippen molar-refractivity contribution in [2.75, 3.05) is 13.1 Å². The monoisotopic (exact) mass is 209 g/mol. The van der Waals surface area contributed by atoms with E-state index in [-0.39, 0.29) is 0 Å². The maximum atomic E-state index is 6.00. The van der Waals surface area contributed by atoms with E-state index in [1.165, 1.54) is 19.3 Å². The molecule has 1 heterocycles. The van der Waals surface area contributed by atoms with Crippen molar-refractivity contribution in [3.63, 3.8) is 0 Å². The van der Waals surface area contributed by atoms with Crippen LogP contribution in [0.3, 0.4) is 0 Å². The van der Waals surface area contributed by atoms with Gasteiger partial charge in [0.05, 0.1) is 6.04 Å². The summed E-state index contributed by atoms with van der Waals surface area (Å²) in [5.74, 6) is 1.54. The number of guanidine groups is 1. The molecule has 0 aromatic carbocycles. The van der Waals surface area contributed by atoms with Crippen LogP contribution in [0.15, 0.2) is 4.99 Å². The van der Waals surface area contributed by atoms with Crippen molar-refractivity contribution in [3.05, 3.63) is 0 Å². The van der Waals surface area contributed by atoms with Gasteiger partial charge in [-0.3, -0.25) is 0 Å². The second-order valence-corrected chi connectivity index (χ2v) is 6.02. The van der Waals surface area contributed by atoms with Crippen molar-refractivity contribution in [3.8, 4) is 0 Å². The number of rotatable bonds is 1. The molecule has 0 aromatic heterocycles. The highest BCUT2D eigenvalue weighted by molar-refractivity contribution is 5.78. The van der Waals surface area contributed by atoms with Crippen molar-refractivity contribution in [1.29, 1.82) is 0 Å². The molecule has 1 unspecified atom stereocenters. The topological polar surface area (TPSA) is 41.6 Å². The van der Waals surface area contributed by atoms with Gasteiger partial charge in [0.15, 0.2) is 5.96 Å². The molecule has 2 rings (SSSR count). The predicted molar refractivity (Wildman–Crippen MR) is 63.8 cm³/mol. The zero-order valence-corrected chi connectivity index (χ0v) is 10.2. The second-order valence-electron chi connectivity index (χ2n) is 6.02. The summed E-state index contributed by atoms with van der Waals surface area (Å²) in [4.78, 5) is 6.77. The Morgan fingerprint density at radius 3 is 2.40 bits per heavy atom. The minimum atomic E-state index is 0.397. The van der Waals surface area contributed by atoms with Gasteiger partial charge in [-0.2, -0.15) is 0 Å². The number of hydrogen-bond donors (Lipinski definition) is 1. The Kier molecular flexibility index (Phi) is 2.65. The van der Waals surface area contributed by atoms with Gasteiger partial charge in [0.2, 0.25) is 0 Å². The fourth-order valence-corrected chi connectivity index (χ4v) is 2.15. The first-order valence-electron chi connectivity index (χ1n) is 6.05. The summed E-state index contributed by atoms with van der Waals surface area (Å²) in [6, 6.07) is 0.540. The summed E-state index contributed by atoms with van der Waals surface area (Å²) in [7, 11) is 0. The average Bonchev–Trinajstić information content (AvgIpc) is 2.80. The van der Waals surface area contributed by atoms with Crippen LogP contribution < -0.4 is 5.73 Å². The Balaban J connectivity index is 1.91. The van der Waals surface area contributed by atoms with Gasteiger partial charge < -0.3 is 10.6 Å². The maximum absolute atomic E-state index is 6.00. The molecule has 2 N–H and O–H groups in total. The summed E-state index contributed by atoms with van der Waals surface area (Å²) >= 11 is 0. The molecule has 3 heteroatoms. The molecule has 0 radical (unpaired) electrons. The molecule has 1 aliphatic heterocycles. The van der Waals surface area contributed by atoms with E-state index in [1.807, 2.05) is 0 Å². The Bertz CT molecular complexity index is 261. The average molecular weight is 209 g/mol. The minimum absolute atomic E-state index is 0.397. The fraction of sp³-hybridized carbons (Fsp3) is 0.917. The molecule has 15 heavy (non-hydrogen) atoms. The van der Waals surface area contributed by atoms with Gasteiger partial charge in [-0.25, -0.2) is 4.99 Å². The predicted octanol–water partition coefficient (Wildman–Crippen LogP) is 1.83. The Morgan fingerprint density at radius 1 is 1.27 bits per heavy atom. The van der Waals surface area contributed by atoms with Crippen LogP contribution in [0.1, 0.15) is 40.0 Å². The fourth-order valence-electron chi connectivity index (χ4n) is 2.15. The van der Waals surface area contributed by atoms with Gasteiger partial charge in [-0.15, -0.1) is 0 Å². The molecular weight excluding hydrogens is 186 g/mol. The van der Waals surface area contributed by atoms with Crippen molar-refractivity contribution in [1.82, 2.24) is 4.90 Å². The Morgan fingerprint density at radius 2 is 1.93 bits per heavy atom. The minimum Gasteiger partial charge on any atom is -0.370 e. The third-order valence-electron chi connectivity index (χ3n) is 3.60. The SMILES string of the molecule is CC(C)(C)C1CCN(C(N)=NC2CC2)C1. The van der Waals surface area contributed by atoms with Gasteiger partial charge in [0, 0.05) is 13.1 Å². The Labute approximate surface area is 92.7 Å². The molecule has 1 atom stereocenters. The first-order chi connectivity index (χ1) is 6.97. The first-order valence-corrected chi connectivity index (χ1v) is 6.05. The molecule has 3 nitrogen and oxygen atoms in total. The molecular formula is C12H23N3. The van der Waals surface area contributed by atoms with Crippen molar-refractivity contribution < 1.29 is 0 Å². The van der Waals surface area contributed by atoms with Crippen LogP contribution in [0.25, 0.3) is 0 Å². The summed E-state index contributed by atoms with van der Waals surface area (Å²) in [5.41, 5.74) is 6.40. The van der Waals surface area contributed by atoms with Crippen LogP contribution in [0.5, 0.6) is 0 Å². The smallest absolute Gasteiger partial charge is 0.191 e. The maximum Gasteiger partial charge on any atom is 0.191 e. The number of aliphatic imine (C=N–C) groups is 1. The normalized spacial score (nSPS) is 28.6. The van der Waals surface area contributed by atoms with Crippen LogP contribution in [0, 0.1) is 11.3 Å². The van der Waals surface area contributed by atoms with Crippen molar-refractivity contribution in [2.45, 2.75) is 46.1 Å². The molecule has 0 amide bonds. The molecule has 2 aliphatic rings. The van der Waals surface area contributed by atoms with Gasteiger partial charge >= 0.3 is 0 Å².